The number of benzene rings is 1. The second-order valence-electron chi connectivity index (χ2n) is 7.37. The number of sulfonamides is 1. The number of carbonyl (C=O) groups excluding carboxylic acids is 1. The minimum absolute atomic E-state index is 0.00460. The van der Waals surface area contributed by atoms with E-state index < -0.39 is 25.9 Å². The number of hydrogen-bond donors (Lipinski definition) is 2. The van der Waals surface area contributed by atoms with E-state index in [9.17, 15) is 21.6 Å². The van der Waals surface area contributed by atoms with E-state index in [2.05, 4.69) is 5.32 Å². The monoisotopic (exact) mass is 455 g/mol. The smallest absolute Gasteiger partial charge is 0.238 e. The van der Waals surface area contributed by atoms with Gasteiger partial charge >= 0.3 is 0 Å². The van der Waals surface area contributed by atoms with Crippen LogP contribution in [-0.2, 0) is 31.2 Å². The molecule has 1 aliphatic heterocycles. The molecule has 1 saturated heterocycles. The summed E-state index contributed by atoms with van der Waals surface area (Å²) in [6, 6.07) is 8.92. The van der Waals surface area contributed by atoms with Gasteiger partial charge in [-0.25, -0.2) is 22.0 Å². The average Bonchev–Trinajstić information content (AvgIpc) is 3.32. The summed E-state index contributed by atoms with van der Waals surface area (Å²) >= 11 is 0. The summed E-state index contributed by atoms with van der Waals surface area (Å²) in [7, 11) is -6.91. The summed E-state index contributed by atoms with van der Waals surface area (Å²) in [5.74, 6) is 0.366. The number of nitrogens with one attached hydrogen (secondary N) is 1. The predicted molar refractivity (Wildman–Crippen MR) is 111 cm³/mol. The molecule has 0 radical (unpaired) electrons. The Labute approximate surface area is 176 Å². The van der Waals surface area contributed by atoms with Crippen molar-refractivity contribution in [2.75, 3.05) is 18.1 Å². The summed E-state index contributed by atoms with van der Waals surface area (Å²) < 4.78 is 51.9. The Morgan fingerprint density at radius 3 is 2.53 bits per heavy atom. The lowest BCUT2D eigenvalue weighted by Crippen LogP contribution is -2.45. The van der Waals surface area contributed by atoms with Crippen molar-refractivity contribution in [2.24, 2.45) is 5.14 Å². The van der Waals surface area contributed by atoms with Crippen molar-refractivity contribution in [1.29, 1.82) is 0 Å². The maximum Gasteiger partial charge on any atom is 0.238 e. The lowest BCUT2D eigenvalue weighted by molar-refractivity contribution is -0.133. The quantitative estimate of drug-likeness (QED) is 0.600. The van der Waals surface area contributed by atoms with Crippen molar-refractivity contribution in [3.63, 3.8) is 0 Å². The third-order valence-electron chi connectivity index (χ3n) is 5.14. The Balaban J connectivity index is 1.66. The van der Waals surface area contributed by atoms with E-state index in [0.29, 0.717) is 12.2 Å². The third kappa shape index (κ3) is 5.69. The maximum atomic E-state index is 12.9. The first-order valence-electron chi connectivity index (χ1n) is 9.43. The summed E-state index contributed by atoms with van der Waals surface area (Å²) in [5, 5.41) is 8.21. The van der Waals surface area contributed by atoms with E-state index >= 15 is 0 Å². The number of amides is 1. The molecule has 0 spiro atoms. The van der Waals surface area contributed by atoms with Gasteiger partial charge in [-0.05, 0) is 43.2 Å². The van der Waals surface area contributed by atoms with Crippen LogP contribution in [-0.4, -0.2) is 51.7 Å². The van der Waals surface area contributed by atoms with Crippen LogP contribution in [0.2, 0.25) is 0 Å². The molecular weight excluding hydrogens is 430 g/mol. The van der Waals surface area contributed by atoms with E-state index in [1.807, 2.05) is 6.92 Å². The highest BCUT2D eigenvalue weighted by molar-refractivity contribution is 7.91. The molecule has 1 aromatic heterocycles. The Bertz CT molecular complexity index is 1080. The molecule has 30 heavy (non-hydrogen) atoms. The first kappa shape index (κ1) is 22.5. The first-order chi connectivity index (χ1) is 14.0. The van der Waals surface area contributed by atoms with E-state index in [1.165, 1.54) is 18.4 Å². The Morgan fingerprint density at radius 2 is 2.00 bits per heavy atom. The van der Waals surface area contributed by atoms with Crippen LogP contribution >= 0.6 is 0 Å². The molecule has 2 aromatic rings. The van der Waals surface area contributed by atoms with Crippen LogP contribution in [0.4, 0.5) is 0 Å². The summed E-state index contributed by atoms with van der Waals surface area (Å²) in [4.78, 5) is 14.5. The molecule has 1 aromatic carbocycles. The largest absolute Gasteiger partial charge is 0.467 e. The van der Waals surface area contributed by atoms with Crippen molar-refractivity contribution in [2.45, 2.75) is 36.9 Å². The normalized spacial score (nSPS) is 19.5. The van der Waals surface area contributed by atoms with Gasteiger partial charge in [0.05, 0.1) is 35.8 Å². The molecule has 9 nitrogen and oxygen atoms in total. The van der Waals surface area contributed by atoms with Crippen LogP contribution in [0, 0.1) is 0 Å². The van der Waals surface area contributed by atoms with Gasteiger partial charge in [0.1, 0.15) is 5.76 Å². The summed E-state index contributed by atoms with van der Waals surface area (Å²) in [6.45, 7) is 2.04. The molecule has 0 bridgehead atoms. The summed E-state index contributed by atoms with van der Waals surface area (Å²) in [5.41, 5.74) is 0.788. The van der Waals surface area contributed by atoms with Gasteiger partial charge in [-0.15, -0.1) is 0 Å². The van der Waals surface area contributed by atoms with E-state index in [-0.39, 0.29) is 41.4 Å². The van der Waals surface area contributed by atoms with Gasteiger partial charge in [0.25, 0.3) is 0 Å². The Morgan fingerprint density at radius 1 is 1.30 bits per heavy atom. The molecule has 2 heterocycles. The predicted octanol–water partition coefficient (Wildman–Crippen LogP) is 0.794. The number of nitrogens with two attached hydrogens (primary N) is 1. The second kappa shape index (κ2) is 8.88. The molecule has 1 amide bonds. The van der Waals surface area contributed by atoms with Crippen LogP contribution in [0.5, 0.6) is 0 Å². The molecular formula is C19H25N3O6S2. The first-order valence-corrected chi connectivity index (χ1v) is 12.8. The van der Waals surface area contributed by atoms with Gasteiger partial charge < -0.3 is 14.6 Å². The van der Waals surface area contributed by atoms with Gasteiger partial charge in [0, 0.05) is 12.1 Å². The summed E-state index contributed by atoms with van der Waals surface area (Å²) in [6.07, 6.45) is 1.91. The van der Waals surface area contributed by atoms with Gasteiger partial charge in [-0.1, -0.05) is 12.1 Å². The molecule has 3 rings (SSSR count). The van der Waals surface area contributed by atoms with Crippen molar-refractivity contribution in [3.8, 4) is 0 Å². The third-order valence-corrected chi connectivity index (χ3v) is 7.82. The molecule has 0 aliphatic carbocycles. The highest BCUT2D eigenvalue weighted by Crippen LogP contribution is 2.21. The highest BCUT2D eigenvalue weighted by Gasteiger charge is 2.35. The number of hydrogen-bond acceptors (Lipinski definition) is 7. The number of primary sulfonamides is 1. The van der Waals surface area contributed by atoms with E-state index in [0.717, 1.165) is 5.56 Å². The molecule has 1 aliphatic rings. The SMILES string of the molecule is C[C@H](NCC(=O)N(Cc1ccco1)[C@H]1CCS(=O)(=O)C1)c1ccc(S(N)(=O)=O)cc1. The fourth-order valence-electron chi connectivity index (χ4n) is 3.42. The van der Waals surface area contributed by atoms with Gasteiger partial charge in [-0.2, -0.15) is 0 Å². The van der Waals surface area contributed by atoms with E-state index in [1.54, 1.807) is 29.2 Å². The number of sulfone groups is 1. The zero-order valence-electron chi connectivity index (χ0n) is 16.5. The second-order valence-corrected chi connectivity index (χ2v) is 11.2. The van der Waals surface area contributed by atoms with Crippen LogP contribution in [0.25, 0.3) is 0 Å². The minimum Gasteiger partial charge on any atom is -0.467 e. The highest BCUT2D eigenvalue weighted by atomic mass is 32.2. The van der Waals surface area contributed by atoms with Gasteiger partial charge in [0.2, 0.25) is 15.9 Å². The Hall–Kier alpha value is -2.21. The number of rotatable bonds is 8. The number of furan rings is 1. The lowest BCUT2D eigenvalue weighted by atomic mass is 10.1. The molecule has 3 N–H and O–H groups in total. The maximum absolute atomic E-state index is 12.9. The molecule has 11 heteroatoms. The minimum atomic E-state index is -3.77. The zero-order chi connectivity index (χ0) is 21.9. The number of carbonyl (C=O) groups is 1. The molecule has 2 atom stereocenters. The van der Waals surface area contributed by atoms with Gasteiger partial charge in [0.15, 0.2) is 9.84 Å². The molecule has 0 unspecified atom stereocenters. The van der Waals surface area contributed by atoms with Gasteiger partial charge in [-0.3, -0.25) is 4.79 Å². The number of nitrogens with zero attached hydrogens (tertiary/aromatic N) is 1. The van der Waals surface area contributed by atoms with E-state index in [4.69, 9.17) is 9.56 Å². The zero-order valence-corrected chi connectivity index (χ0v) is 18.2. The average molecular weight is 456 g/mol. The topological polar surface area (TPSA) is 140 Å². The molecule has 164 valence electrons. The van der Waals surface area contributed by atoms with Crippen molar-refractivity contribution < 1.29 is 26.0 Å². The molecule has 0 saturated carbocycles. The fraction of sp³-hybridized carbons (Fsp3) is 0.421. The van der Waals surface area contributed by atoms with Crippen LogP contribution in [0.15, 0.2) is 52.0 Å². The Kier molecular flexibility index (Phi) is 6.65. The van der Waals surface area contributed by atoms with Crippen LogP contribution < -0.4 is 10.5 Å². The lowest BCUT2D eigenvalue weighted by Gasteiger charge is -2.28. The molecule has 1 fully saturated rings. The van der Waals surface area contributed by atoms with Crippen molar-refractivity contribution >= 4 is 25.8 Å². The van der Waals surface area contributed by atoms with Crippen molar-refractivity contribution in [3.05, 3.63) is 54.0 Å². The van der Waals surface area contributed by atoms with Crippen LogP contribution in [0.1, 0.15) is 30.7 Å². The van der Waals surface area contributed by atoms with Crippen molar-refractivity contribution in [1.82, 2.24) is 10.2 Å². The standard InChI is InChI=1S/C19H25N3O6S2/c1-14(15-4-6-18(7-5-15)30(20,26)27)21-11-19(23)22(12-17-3-2-9-28-17)16-8-10-29(24,25)13-16/h2-7,9,14,16,21H,8,10-13H2,1H3,(H2,20,26,27)/t14-,16-/m0/s1. The fourth-order valence-corrected chi connectivity index (χ4v) is 5.66. The van der Waals surface area contributed by atoms with Crippen LogP contribution in [0.3, 0.4) is 0 Å².